The number of carboxylic acids is 1. The Kier molecular flexibility index (Phi) is 4.28. The first-order valence-corrected chi connectivity index (χ1v) is 7.13. The largest absolute Gasteiger partial charge is 0.478 e. The SMILES string of the molecule is CC1(O)CCN(Cc2ccc(C(=O)O)cc2Br)CC1. The molecule has 0 aliphatic carbocycles. The van der Waals surface area contributed by atoms with Gasteiger partial charge in [-0.1, -0.05) is 22.0 Å². The molecule has 5 heteroatoms. The maximum Gasteiger partial charge on any atom is 0.335 e. The van der Waals surface area contributed by atoms with Crippen LogP contribution >= 0.6 is 15.9 Å². The normalized spacial score (nSPS) is 19.3. The summed E-state index contributed by atoms with van der Waals surface area (Å²) in [7, 11) is 0. The molecule has 19 heavy (non-hydrogen) atoms. The molecule has 1 saturated heterocycles. The monoisotopic (exact) mass is 327 g/mol. The summed E-state index contributed by atoms with van der Waals surface area (Å²) in [5.41, 5.74) is 0.824. The summed E-state index contributed by atoms with van der Waals surface area (Å²) in [5, 5.41) is 18.8. The number of carboxylic acid groups (broad SMARTS) is 1. The highest BCUT2D eigenvalue weighted by atomic mass is 79.9. The van der Waals surface area contributed by atoms with E-state index in [1.807, 2.05) is 13.0 Å². The first-order chi connectivity index (χ1) is 8.87. The van der Waals surface area contributed by atoms with Crippen molar-refractivity contribution in [2.24, 2.45) is 0 Å². The summed E-state index contributed by atoms with van der Waals surface area (Å²) in [6.07, 6.45) is 1.55. The number of hydrogen-bond acceptors (Lipinski definition) is 3. The predicted molar refractivity (Wildman–Crippen MR) is 76.2 cm³/mol. The second kappa shape index (κ2) is 5.61. The van der Waals surface area contributed by atoms with Crippen LogP contribution in [0.4, 0.5) is 0 Å². The fraction of sp³-hybridized carbons (Fsp3) is 0.500. The summed E-state index contributed by atoms with van der Waals surface area (Å²) < 4.78 is 0.824. The lowest BCUT2D eigenvalue weighted by atomic mass is 9.93. The lowest BCUT2D eigenvalue weighted by Gasteiger charge is -2.35. The van der Waals surface area contributed by atoms with E-state index in [-0.39, 0.29) is 5.56 Å². The minimum atomic E-state index is -0.915. The van der Waals surface area contributed by atoms with Gasteiger partial charge in [0.1, 0.15) is 0 Å². The van der Waals surface area contributed by atoms with Gasteiger partial charge in [-0.05, 0) is 37.5 Å². The van der Waals surface area contributed by atoms with Gasteiger partial charge in [-0.2, -0.15) is 0 Å². The molecule has 1 heterocycles. The highest BCUT2D eigenvalue weighted by Gasteiger charge is 2.27. The molecule has 2 rings (SSSR count). The van der Waals surface area contributed by atoms with Gasteiger partial charge in [0, 0.05) is 24.1 Å². The Hall–Kier alpha value is -0.910. The molecular formula is C14H18BrNO3. The highest BCUT2D eigenvalue weighted by molar-refractivity contribution is 9.10. The number of carbonyl (C=O) groups is 1. The van der Waals surface area contributed by atoms with E-state index in [0.29, 0.717) is 0 Å². The Morgan fingerprint density at radius 3 is 2.58 bits per heavy atom. The molecule has 2 N–H and O–H groups in total. The molecule has 0 bridgehead atoms. The molecule has 1 aliphatic rings. The maximum absolute atomic E-state index is 10.9. The molecule has 0 aromatic heterocycles. The number of aromatic carboxylic acids is 1. The van der Waals surface area contributed by atoms with Crippen LogP contribution in [0.15, 0.2) is 22.7 Å². The third-order valence-electron chi connectivity index (χ3n) is 3.63. The van der Waals surface area contributed by atoms with Gasteiger partial charge in [0.15, 0.2) is 0 Å². The van der Waals surface area contributed by atoms with Gasteiger partial charge in [-0.25, -0.2) is 4.79 Å². The number of benzene rings is 1. The first-order valence-electron chi connectivity index (χ1n) is 6.34. The topological polar surface area (TPSA) is 60.8 Å². The zero-order valence-corrected chi connectivity index (χ0v) is 12.5. The average Bonchev–Trinajstić information content (AvgIpc) is 2.34. The van der Waals surface area contributed by atoms with E-state index in [0.717, 1.165) is 42.5 Å². The van der Waals surface area contributed by atoms with E-state index < -0.39 is 11.6 Å². The molecule has 0 atom stereocenters. The van der Waals surface area contributed by atoms with Crippen LogP contribution in [0, 0.1) is 0 Å². The molecule has 104 valence electrons. The van der Waals surface area contributed by atoms with Crippen molar-refractivity contribution in [1.29, 1.82) is 0 Å². The molecule has 1 aliphatic heterocycles. The number of aliphatic hydroxyl groups is 1. The minimum Gasteiger partial charge on any atom is -0.478 e. The molecule has 0 saturated carbocycles. The summed E-state index contributed by atoms with van der Waals surface area (Å²) in [5.74, 6) is -0.915. The molecule has 0 amide bonds. The van der Waals surface area contributed by atoms with Crippen LogP contribution in [-0.2, 0) is 6.54 Å². The Labute approximate surface area is 121 Å². The summed E-state index contributed by atoms with van der Waals surface area (Å²) in [6, 6.07) is 5.11. The minimum absolute atomic E-state index is 0.289. The van der Waals surface area contributed by atoms with Gasteiger partial charge in [0.05, 0.1) is 11.2 Å². The van der Waals surface area contributed by atoms with Crippen molar-refractivity contribution in [2.45, 2.75) is 31.9 Å². The van der Waals surface area contributed by atoms with E-state index in [1.54, 1.807) is 12.1 Å². The Morgan fingerprint density at radius 1 is 1.42 bits per heavy atom. The van der Waals surface area contributed by atoms with E-state index in [2.05, 4.69) is 20.8 Å². The van der Waals surface area contributed by atoms with Crippen LogP contribution in [0.25, 0.3) is 0 Å². The van der Waals surface area contributed by atoms with Gasteiger partial charge in [-0.15, -0.1) is 0 Å². The second-order valence-corrected chi connectivity index (χ2v) is 6.24. The number of rotatable bonds is 3. The standard InChI is InChI=1S/C14H18BrNO3/c1-14(19)4-6-16(7-5-14)9-11-3-2-10(13(17)18)8-12(11)15/h2-3,8,19H,4-7,9H2,1H3,(H,17,18). The predicted octanol–water partition coefficient (Wildman–Crippen LogP) is 2.49. The number of hydrogen-bond donors (Lipinski definition) is 2. The zero-order valence-electron chi connectivity index (χ0n) is 10.9. The van der Waals surface area contributed by atoms with Crippen molar-refractivity contribution in [3.8, 4) is 0 Å². The summed E-state index contributed by atoms with van der Waals surface area (Å²) in [4.78, 5) is 13.1. The van der Waals surface area contributed by atoms with Gasteiger partial charge in [0.2, 0.25) is 0 Å². The van der Waals surface area contributed by atoms with Crippen molar-refractivity contribution in [1.82, 2.24) is 4.90 Å². The highest BCUT2D eigenvalue weighted by Crippen LogP contribution is 2.25. The lowest BCUT2D eigenvalue weighted by molar-refractivity contribution is -0.00735. The molecule has 0 unspecified atom stereocenters. The third-order valence-corrected chi connectivity index (χ3v) is 4.37. The van der Waals surface area contributed by atoms with Crippen molar-refractivity contribution < 1.29 is 15.0 Å². The van der Waals surface area contributed by atoms with Gasteiger partial charge in [0.25, 0.3) is 0 Å². The Balaban J connectivity index is 2.02. The fourth-order valence-electron chi connectivity index (χ4n) is 2.24. The summed E-state index contributed by atoms with van der Waals surface area (Å²) in [6.45, 7) is 4.37. The quantitative estimate of drug-likeness (QED) is 0.895. The fourth-order valence-corrected chi connectivity index (χ4v) is 2.75. The third kappa shape index (κ3) is 3.78. The zero-order chi connectivity index (χ0) is 14.0. The number of piperidine rings is 1. The Morgan fingerprint density at radius 2 is 2.05 bits per heavy atom. The van der Waals surface area contributed by atoms with Crippen LogP contribution in [0.2, 0.25) is 0 Å². The van der Waals surface area contributed by atoms with Gasteiger partial charge < -0.3 is 10.2 Å². The van der Waals surface area contributed by atoms with Crippen molar-refractivity contribution in [3.63, 3.8) is 0 Å². The lowest BCUT2D eigenvalue weighted by Crippen LogP contribution is -2.42. The maximum atomic E-state index is 10.9. The number of halogens is 1. The van der Waals surface area contributed by atoms with Crippen LogP contribution < -0.4 is 0 Å². The van der Waals surface area contributed by atoms with Crippen molar-refractivity contribution in [3.05, 3.63) is 33.8 Å². The van der Waals surface area contributed by atoms with Crippen LogP contribution in [0.5, 0.6) is 0 Å². The molecule has 1 aromatic rings. The van der Waals surface area contributed by atoms with Crippen LogP contribution in [0.3, 0.4) is 0 Å². The second-order valence-electron chi connectivity index (χ2n) is 5.38. The summed E-state index contributed by atoms with van der Waals surface area (Å²) >= 11 is 3.43. The molecule has 1 fully saturated rings. The van der Waals surface area contributed by atoms with E-state index in [1.165, 1.54) is 0 Å². The molecule has 1 aromatic carbocycles. The number of nitrogens with zero attached hydrogens (tertiary/aromatic N) is 1. The van der Waals surface area contributed by atoms with Crippen molar-refractivity contribution >= 4 is 21.9 Å². The van der Waals surface area contributed by atoms with Crippen molar-refractivity contribution in [2.75, 3.05) is 13.1 Å². The average molecular weight is 328 g/mol. The van der Waals surface area contributed by atoms with E-state index in [9.17, 15) is 9.90 Å². The van der Waals surface area contributed by atoms with Gasteiger partial charge >= 0.3 is 5.97 Å². The Bertz CT molecular complexity index is 478. The first kappa shape index (κ1) is 14.5. The van der Waals surface area contributed by atoms with Gasteiger partial charge in [-0.3, -0.25) is 4.90 Å². The van der Waals surface area contributed by atoms with Crippen LogP contribution in [0.1, 0.15) is 35.7 Å². The molecule has 0 spiro atoms. The molecular weight excluding hydrogens is 310 g/mol. The number of likely N-dealkylation sites (tertiary alicyclic amines) is 1. The van der Waals surface area contributed by atoms with E-state index >= 15 is 0 Å². The molecule has 4 nitrogen and oxygen atoms in total. The smallest absolute Gasteiger partial charge is 0.335 e. The van der Waals surface area contributed by atoms with Crippen LogP contribution in [-0.4, -0.2) is 39.8 Å². The van der Waals surface area contributed by atoms with E-state index in [4.69, 9.17) is 5.11 Å². The molecule has 0 radical (unpaired) electrons.